The second-order valence-corrected chi connectivity index (χ2v) is 6.38. The zero-order valence-electron chi connectivity index (χ0n) is 13.4. The van der Waals surface area contributed by atoms with E-state index in [0.717, 1.165) is 6.42 Å². The SMILES string of the molecule is C[C@@H]1CCCC[C@H]1NC(=S)NCCNc1ccccc1[N+](=O)[O-]. The highest BCUT2D eigenvalue weighted by atomic mass is 32.1. The third-order valence-electron chi connectivity index (χ3n) is 4.25. The summed E-state index contributed by atoms with van der Waals surface area (Å²) in [6.45, 7) is 3.43. The van der Waals surface area contributed by atoms with Crippen molar-refractivity contribution in [3.63, 3.8) is 0 Å². The van der Waals surface area contributed by atoms with Gasteiger partial charge in [-0.05, 0) is 37.0 Å². The lowest BCUT2D eigenvalue weighted by Crippen LogP contribution is -2.46. The van der Waals surface area contributed by atoms with Gasteiger partial charge in [-0.15, -0.1) is 0 Å². The van der Waals surface area contributed by atoms with Gasteiger partial charge >= 0.3 is 0 Å². The molecule has 0 unspecified atom stereocenters. The molecule has 0 aliphatic heterocycles. The van der Waals surface area contributed by atoms with E-state index in [2.05, 4.69) is 22.9 Å². The van der Waals surface area contributed by atoms with Crippen molar-refractivity contribution in [3.05, 3.63) is 34.4 Å². The Morgan fingerprint density at radius 2 is 2.04 bits per heavy atom. The third-order valence-corrected chi connectivity index (χ3v) is 4.52. The van der Waals surface area contributed by atoms with Crippen LogP contribution in [0.2, 0.25) is 0 Å². The molecule has 1 aliphatic rings. The Morgan fingerprint density at radius 3 is 2.78 bits per heavy atom. The van der Waals surface area contributed by atoms with E-state index < -0.39 is 0 Å². The third kappa shape index (κ3) is 5.35. The van der Waals surface area contributed by atoms with Gasteiger partial charge in [-0.1, -0.05) is 31.9 Å². The molecular formula is C16H24N4O2S. The zero-order chi connectivity index (χ0) is 16.7. The number of benzene rings is 1. The fraction of sp³-hybridized carbons (Fsp3) is 0.562. The standard InChI is InChI=1S/C16H24N4O2S/c1-12-6-2-3-7-13(12)19-16(23)18-11-10-17-14-8-4-5-9-15(14)20(21)22/h4-5,8-9,12-13,17H,2-3,6-7,10-11H2,1H3,(H2,18,19,23)/t12-,13-/m1/s1. The molecule has 0 heterocycles. The normalized spacial score (nSPS) is 20.6. The van der Waals surface area contributed by atoms with Gasteiger partial charge in [0, 0.05) is 25.2 Å². The van der Waals surface area contributed by atoms with E-state index in [0.29, 0.717) is 35.8 Å². The van der Waals surface area contributed by atoms with Crippen LogP contribution >= 0.6 is 12.2 Å². The second kappa shape index (κ2) is 8.67. The Kier molecular flexibility index (Phi) is 6.58. The number of rotatable bonds is 6. The molecule has 7 heteroatoms. The minimum absolute atomic E-state index is 0.0873. The molecule has 3 N–H and O–H groups in total. The van der Waals surface area contributed by atoms with Gasteiger partial charge in [0.05, 0.1) is 4.92 Å². The Bertz CT molecular complexity index is 553. The number of hydrogen-bond donors (Lipinski definition) is 3. The number of hydrogen-bond acceptors (Lipinski definition) is 4. The highest BCUT2D eigenvalue weighted by molar-refractivity contribution is 7.80. The van der Waals surface area contributed by atoms with Crippen LogP contribution < -0.4 is 16.0 Å². The zero-order valence-corrected chi connectivity index (χ0v) is 14.2. The van der Waals surface area contributed by atoms with Gasteiger partial charge in [-0.2, -0.15) is 0 Å². The molecule has 0 radical (unpaired) electrons. The summed E-state index contributed by atoms with van der Waals surface area (Å²) in [5, 5.41) is 21.2. The fourth-order valence-electron chi connectivity index (χ4n) is 2.91. The maximum absolute atomic E-state index is 10.9. The maximum atomic E-state index is 10.9. The van der Waals surface area contributed by atoms with E-state index in [1.807, 2.05) is 0 Å². The topological polar surface area (TPSA) is 79.2 Å². The molecule has 0 aromatic heterocycles. The van der Waals surface area contributed by atoms with Crippen molar-refractivity contribution in [2.24, 2.45) is 5.92 Å². The highest BCUT2D eigenvalue weighted by Crippen LogP contribution is 2.24. The monoisotopic (exact) mass is 336 g/mol. The van der Waals surface area contributed by atoms with Gasteiger partial charge in [-0.3, -0.25) is 10.1 Å². The van der Waals surface area contributed by atoms with E-state index >= 15 is 0 Å². The molecule has 6 nitrogen and oxygen atoms in total. The Hall–Kier alpha value is -1.89. The van der Waals surface area contributed by atoms with Crippen molar-refractivity contribution in [1.29, 1.82) is 0 Å². The van der Waals surface area contributed by atoms with Crippen molar-refractivity contribution in [3.8, 4) is 0 Å². The summed E-state index contributed by atoms with van der Waals surface area (Å²) < 4.78 is 0. The van der Waals surface area contributed by atoms with E-state index in [-0.39, 0.29) is 10.6 Å². The molecule has 0 amide bonds. The minimum atomic E-state index is -0.383. The van der Waals surface area contributed by atoms with E-state index in [1.54, 1.807) is 18.2 Å². The predicted molar refractivity (Wildman–Crippen MR) is 96.7 cm³/mol. The summed E-state index contributed by atoms with van der Waals surface area (Å²) in [5.41, 5.74) is 0.614. The van der Waals surface area contributed by atoms with Crippen LogP contribution in [0.1, 0.15) is 32.6 Å². The summed E-state index contributed by atoms with van der Waals surface area (Å²) in [6, 6.07) is 7.09. The lowest BCUT2D eigenvalue weighted by atomic mass is 9.86. The van der Waals surface area contributed by atoms with Crippen LogP contribution in [0.25, 0.3) is 0 Å². The summed E-state index contributed by atoms with van der Waals surface area (Å²) in [6.07, 6.45) is 4.97. The first kappa shape index (κ1) is 17.5. The van der Waals surface area contributed by atoms with Crippen LogP contribution in [0, 0.1) is 16.0 Å². The van der Waals surface area contributed by atoms with Crippen LogP contribution in [-0.4, -0.2) is 29.2 Å². The van der Waals surface area contributed by atoms with Crippen LogP contribution in [-0.2, 0) is 0 Å². The number of nitrogens with one attached hydrogen (secondary N) is 3. The van der Waals surface area contributed by atoms with E-state index in [9.17, 15) is 10.1 Å². The van der Waals surface area contributed by atoms with Crippen molar-refractivity contribution < 1.29 is 4.92 Å². The van der Waals surface area contributed by atoms with Crippen LogP contribution in [0.4, 0.5) is 11.4 Å². The number of anilines is 1. The molecule has 0 saturated heterocycles. The molecule has 1 fully saturated rings. The average Bonchev–Trinajstić information content (AvgIpc) is 2.54. The van der Waals surface area contributed by atoms with Crippen molar-refractivity contribution in [1.82, 2.24) is 10.6 Å². The number of thiocarbonyl (C=S) groups is 1. The fourth-order valence-corrected chi connectivity index (χ4v) is 3.16. The highest BCUT2D eigenvalue weighted by Gasteiger charge is 2.21. The minimum Gasteiger partial charge on any atom is -0.378 e. The Balaban J connectivity index is 1.71. The smallest absolute Gasteiger partial charge is 0.292 e. The second-order valence-electron chi connectivity index (χ2n) is 5.97. The molecule has 126 valence electrons. The van der Waals surface area contributed by atoms with Gasteiger partial charge in [-0.25, -0.2) is 0 Å². The van der Waals surface area contributed by atoms with Gasteiger partial charge in [0.1, 0.15) is 5.69 Å². The number of nitro benzene ring substituents is 1. The maximum Gasteiger partial charge on any atom is 0.292 e. The molecule has 2 atom stereocenters. The Labute approximate surface area is 142 Å². The number of nitro groups is 1. The quantitative estimate of drug-likeness (QED) is 0.321. The van der Waals surface area contributed by atoms with Crippen molar-refractivity contribution >= 4 is 28.7 Å². The summed E-state index contributed by atoms with van der Waals surface area (Å²) in [7, 11) is 0. The summed E-state index contributed by atoms with van der Waals surface area (Å²) >= 11 is 5.33. The molecule has 2 rings (SSSR count). The molecular weight excluding hydrogens is 312 g/mol. The Morgan fingerprint density at radius 1 is 1.30 bits per heavy atom. The summed E-state index contributed by atoms with van der Waals surface area (Å²) in [5.74, 6) is 0.647. The molecule has 1 aliphatic carbocycles. The number of para-hydroxylation sites is 2. The largest absolute Gasteiger partial charge is 0.378 e. The van der Waals surface area contributed by atoms with Crippen LogP contribution in [0.5, 0.6) is 0 Å². The first-order valence-electron chi connectivity index (χ1n) is 8.09. The lowest BCUT2D eigenvalue weighted by Gasteiger charge is -2.30. The van der Waals surface area contributed by atoms with Gasteiger partial charge in [0.25, 0.3) is 5.69 Å². The molecule has 0 spiro atoms. The lowest BCUT2D eigenvalue weighted by molar-refractivity contribution is -0.384. The molecule has 1 aromatic rings. The van der Waals surface area contributed by atoms with Crippen LogP contribution in [0.15, 0.2) is 24.3 Å². The van der Waals surface area contributed by atoms with E-state index in [1.165, 1.54) is 25.3 Å². The first-order valence-corrected chi connectivity index (χ1v) is 8.50. The average molecular weight is 336 g/mol. The van der Waals surface area contributed by atoms with Crippen LogP contribution in [0.3, 0.4) is 0 Å². The first-order chi connectivity index (χ1) is 11.1. The van der Waals surface area contributed by atoms with Gasteiger partial charge in [0.15, 0.2) is 5.11 Å². The van der Waals surface area contributed by atoms with Crippen molar-refractivity contribution in [2.45, 2.75) is 38.6 Å². The molecule has 23 heavy (non-hydrogen) atoms. The predicted octanol–water partition coefficient (Wildman–Crippen LogP) is 3.05. The van der Waals surface area contributed by atoms with Gasteiger partial charge < -0.3 is 16.0 Å². The van der Waals surface area contributed by atoms with Crippen molar-refractivity contribution in [2.75, 3.05) is 18.4 Å². The number of nitrogens with zero attached hydrogens (tertiary/aromatic N) is 1. The summed E-state index contributed by atoms with van der Waals surface area (Å²) in [4.78, 5) is 10.6. The molecule has 0 bridgehead atoms. The molecule has 1 saturated carbocycles. The van der Waals surface area contributed by atoms with Gasteiger partial charge in [0.2, 0.25) is 0 Å². The van der Waals surface area contributed by atoms with E-state index in [4.69, 9.17) is 12.2 Å². The molecule has 1 aromatic carbocycles.